The summed E-state index contributed by atoms with van der Waals surface area (Å²) < 4.78 is 5.88. The van der Waals surface area contributed by atoms with Crippen molar-refractivity contribution in [2.75, 3.05) is 6.61 Å². The number of aliphatic hydroxyl groups is 1. The van der Waals surface area contributed by atoms with Gasteiger partial charge in [-0.25, -0.2) is 0 Å². The fourth-order valence-electron chi connectivity index (χ4n) is 2.98. The van der Waals surface area contributed by atoms with Crippen LogP contribution >= 0.6 is 0 Å². The lowest BCUT2D eigenvalue weighted by atomic mass is 9.69. The van der Waals surface area contributed by atoms with E-state index < -0.39 is 0 Å². The summed E-state index contributed by atoms with van der Waals surface area (Å²) in [6, 6.07) is 0. The van der Waals surface area contributed by atoms with Gasteiger partial charge in [0.25, 0.3) is 0 Å². The zero-order chi connectivity index (χ0) is 10.9. The Hall–Kier alpha value is -0.0800. The van der Waals surface area contributed by atoms with Crippen LogP contribution in [0, 0.1) is 11.8 Å². The molecule has 1 aliphatic carbocycles. The Kier molecular flexibility index (Phi) is 3.36. The molecule has 3 atom stereocenters. The molecule has 3 unspecified atom stereocenters. The van der Waals surface area contributed by atoms with E-state index in [1.165, 1.54) is 19.3 Å². The molecule has 88 valence electrons. The van der Waals surface area contributed by atoms with Gasteiger partial charge in [-0.15, -0.1) is 0 Å². The Bertz CT molecular complexity index is 211. The highest BCUT2D eigenvalue weighted by Gasteiger charge is 2.44. The van der Waals surface area contributed by atoms with Gasteiger partial charge in [-0.05, 0) is 43.9 Å². The molecule has 2 aliphatic rings. The summed E-state index contributed by atoms with van der Waals surface area (Å²) in [7, 11) is 0. The lowest BCUT2D eigenvalue weighted by Gasteiger charge is -2.48. The largest absolute Gasteiger partial charge is 0.393 e. The number of aliphatic hydroxyl groups excluding tert-OH is 1. The van der Waals surface area contributed by atoms with Crippen molar-refractivity contribution in [3.05, 3.63) is 0 Å². The third-order valence-corrected chi connectivity index (χ3v) is 4.51. The first kappa shape index (κ1) is 11.4. The van der Waals surface area contributed by atoms with Crippen LogP contribution in [0.1, 0.15) is 52.4 Å². The van der Waals surface area contributed by atoms with E-state index in [0.717, 1.165) is 25.9 Å². The molecule has 1 spiro atoms. The number of hydrogen-bond acceptors (Lipinski definition) is 2. The van der Waals surface area contributed by atoms with Crippen molar-refractivity contribution in [1.82, 2.24) is 0 Å². The maximum absolute atomic E-state index is 10.2. The molecule has 0 radical (unpaired) electrons. The van der Waals surface area contributed by atoms with E-state index in [1.807, 2.05) is 0 Å². The Balaban J connectivity index is 1.92. The summed E-state index contributed by atoms with van der Waals surface area (Å²) in [5, 5.41) is 10.2. The lowest BCUT2D eigenvalue weighted by Crippen LogP contribution is -2.48. The maximum Gasteiger partial charge on any atom is 0.0686 e. The molecule has 0 aromatic carbocycles. The summed E-state index contributed by atoms with van der Waals surface area (Å²) in [4.78, 5) is 0. The fourth-order valence-corrected chi connectivity index (χ4v) is 2.98. The van der Waals surface area contributed by atoms with Crippen LogP contribution in [-0.2, 0) is 4.74 Å². The highest BCUT2D eigenvalue weighted by Crippen LogP contribution is 2.45. The highest BCUT2D eigenvalue weighted by molar-refractivity contribution is 4.95. The third-order valence-electron chi connectivity index (χ3n) is 4.51. The lowest BCUT2D eigenvalue weighted by molar-refractivity contribution is -0.160. The highest BCUT2D eigenvalue weighted by atomic mass is 16.5. The summed E-state index contributed by atoms with van der Waals surface area (Å²) >= 11 is 0. The molecule has 1 N–H and O–H groups in total. The predicted molar refractivity (Wildman–Crippen MR) is 60.7 cm³/mol. The van der Waals surface area contributed by atoms with Crippen LogP contribution in [0.5, 0.6) is 0 Å². The average Bonchev–Trinajstić information content (AvgIpc) is 2.25. The Morgan fingerprint density at radius 2 is 2.20 bits per heavy atom. The number of hydrogen-bond donors (Lipinski definition) is 1. The minimum Gasteiger partial charge on any atom is -0.393 e. The topological polar surface area (TPSA) is 29.5 Å². The van der Waals surface area contributed by atoms with Crippen LogP contribution in [0.2, 0.25) is 0 Å². The Morgan fingerprint density at radius 3 is 2.73 bits per heavy atom. The molecule has 15 heavy (non-hydrogen) atoms. The zero-order valence-electron chi connectivity index (χ0n) is 10.0. The second-order valence-electron chi connectivity index (χ2n) is 5.51. The Morgan fingerprint density at radius 1 is 1.47 bits per heavy atom. The summed E-state index contributed by atoms with van der Waals surface area (Å²) in [5.41, 5.74) is 0.178. The molecule has 2 rings (SSSR count). The minimum atomic E-state index is -0.114. The quantitative estimate of drug-likeness (QED) is 0.779. The van der Waals surface area contributed by atoms with Gasteiger partial charge >= 0.3 is 0 Å². The van der Waals surface area contributed by atoms with E-state index in [0.29, 0.717) is 11.8 Å². The van der Waals surface area contributed by atoms with Gasteiger partial charge in [0, 0.05) is 6.61 Å². The van der Waals surface area contributed by atoms with Crippen LogP contribution < -0.4 is 0 Å². The predicted octanol–water partition coefficient (Wildman–Crippen LogP) is 2.74. The van der Waals surface area contributed by atoms with E-state index in [9.17, 15) is 5.11 Å². The monoisotopic (exact) mass is 212 g/mol. The average molecular weight is 212 g/mol. The van der Waals surface area contributed by atoms with Crippen molar-refractivity contribution in [2.45, 2.75) is 64.1 Å². The molecule has 0 aromatic heterocycles. The van der Waals surface area contributed by atoms with E-state index in [4.69, 9.17) is 4.74 Å². The molecule has 0 amide bonds. The molecule has 1 heterocycles. The number of rotatable bonds is 3. The van der Waals surface area contributed by atoms with E-state index in [1.54, 1.807) is 0 Å². The van der Waals surface area contributed by atoms with Crippen molar-refractivity contribution in [1.29, 1.82) is 0 Å². The molecular formula is C13H24O2. The fraction of sp³-hybridized carbons (Fsp3) is 1.00. The molecule has 0 bridgehead atoms. The van der Waals surface area contributed by atoms with Gasteiger partial charge in [-0.3, -0.25) is 0 Å². The van der Waals surface area contributed by atoms with Crippen molar-refractivity contribution in [3.8, 4) is 0 Å². The summed E-state index contributed by atoms with van der Waals surface area (Å²) in [5.74, 6) is 0.916. The SMILES string of the molecule is CCC(C)C(O)C1CCOC2(CCC2)C1. The van der Waals surface area contributed by atoms with Crippen LogP contribution in [0.3, 0.4) is 0 Å². The first-order valence-electron chi connectivity index (χ1n) is 6.49. The molecule has 2 nitrogen and oxygen atoms in total. The molecule has 1 aliphatic heterocycles. The van der Waals surface area contributed by atoms with Gasteiger partial charge in [0.05, 0.1) is 11.7 Å². The molecule has 1 saturated carbocycles. The zero-order valence-corrected chi connectivity index (χ0v) is 10.0. The van der Waals surface area contributed by atoms with Crippen molar-refractivity contribution in [2.24, 2.45) is 11.8 Å². The second kappa shape index (κ2) is 4.42. The summed E-state index contributed by atoms with van der Waals surface area (Å²) in [6.45, 7) is 5.18. The van der Waals surface area contributed by atoms with Crippen LogP contribution in [0.15, 0.2) is 0 Å². The molecule has 0 aromatic rings. The van der Waals surface area contributed by atoms with Gasteiger partial charge in [-0.2, -0.15) is 0 Å². The first-order valence-corrected chi connectivity index (χ1v) is 6.49. The number of ether oxygens (including phenoxy) is 1. The molecule has 2 heteroatoms. The van der Waals surface area contributed by atoms with Gasteiger partial charge in [0.15, 0.2) is 0 Å². The smallest absolute Gasteiger partial charge is 0.0686 e. The first-order chi connectivity index (χ1) is 7.17. The minimum absolute atomic E-state index is 0.114. The van der Waals surface area contributed by atoms with Crippen molar-refractivity contribution >= 4 is 0 Å². The van der Waals surface area contributed by atoms with Crippen molar-refractivity contribution < 1.29 is 9.84 Å². The van der Waals surface area contributed by atoms with E-state index >= 15 is 0 Å². The standard InChI is InChI=1S/C13H24O2/c1-3-10(2)12(14)11-5-8-15-13(9-11)6-4-7-13/h10-12,14H,3-9H2,1-2H3. The van der Waals surface area contributed by atoms with Crippen LogP contribution in [-0.4, -0.2) is 23.4 Å². The third kappa shape index (κ3) is 2.21. The van der Waals surface area contributed by atoms with Crippen LogP contribution in [0.4, 0.5) is 0 Å². The van der Waals surface area contributed by atoms with Gasteiger partial charge in [-0.1, -0.05) is 20.3 Å². The second-order valence-corrected chi connectivity index (χ2v) is 5.51. The Labute approximate surface area is 93.0 Å². The van der Waals surface area contributed by atoms with Gasteiger partial charge < -0.3 is 9.84 Å². The van der Waals surface area contributed by atoms with Gasteiger partial charge in [0.1, 0.15) is 0 Å². The van der Waals surface area contributed by atoms with E-state index in [-0.39, 0.29) is 11.7 Å². The molecule has 2 fully saturated rings. The van der Waals surface area contributed by atoms with Gasteiger partial charge in [0.2, 0.25) is 0 Å². The summed E-state index contributed by atoms with van der Waals surface area (Å²) in [6.07, 6.45) is 6.85. The molecule has 1 saturated heterocycles. The van der Waals surface area contributed by atoms with Crippen molar-refractivity contribution in [3.63, 3.8) is 0 Å². The molecular weight excluding hydrogens is 188 g/mol. The van der Waals surface area contributed by atoms with E-state index in [2.05, 4.69) is 13.8 Å². The normalized spacial score (nSPS) is 33.4. The van der Waals surface area contributed by atoms with Crippen LogP contribution in [0.25, 0.3) is 0 Å². The maximum atomic E-state index is 10.2.